The molecule has 5 rings (SSSR count). The van der Waals surface area contributed by atoms with Crippen LogP contribution in [0, 0.1) is 5.82 Å². The normalized spacial score (nSPS) is 19.9. The molecule has 2 aliphatic rings. The molecule has 1 saturated heterocycles. The van der Waals surface area contributed by atoms with E-state index in [0.29, 0.717) is 16.6 Å². The zero-order valence-corrected chi connectivity index (χ0v) is 27.9. The molecule has 48 heavy (non-hydrogen) atoms. The summed E-state index contributed by atoms with van der Waals surface area (Å²) in [7, 11) is -3.25. The average molecular weight is 712 g/mol. The number of nitrogens with one attached hydrogen (secondary N) is 1. The number of carbonyl (C=O) groups is 2. The summed E-state index contributed by atoms with van der Waals surface area (Å²) in [5.41, 5.74) is -1.81. The van der Waals surface area contributed by atoms with Gasteiger partial charge in [0.05, 0.1) is 28.8 Å². The maximum Gasteiger partial charge on any atom is 0.471 e. The molecule has 0 aliphatic carbocycles. The summed E-state index contributed by atoms with van der Waals surface area (Å²) in [6.45, 7) is 4.42. The van der Waals surface area contributed by atoms with Gasteiger partial charge in [-0.2, -0.15) is 13.2 Å². The highest BCUT2D eigenvalue weighted by atomic mass is 35.5. The van der Waals surface area contributed by atoms with Crippen LogP contribution in [0.2, 0.25) is 5.02 Å². The lowest BCUT2D eigenvalue weighted by Crippen LogP contribution is -2.45. The molecule has 1 fully saturated rings. The highest BCUT2D eigenvalue weighted by molar-refractivity contribution is 7.93. The molecule has 3 aromatic carbocycles. The van der Waals surface area contributed by atoms with Crippen LogP contribution in [-0.4, -0.2) is 70.2 Å². The smallest absolute Gasteiger partial charge is 0.471 e. The van der Waals surface area contributed by atoms with E-state index in [0.717, 1.165) is 0 Å². The number of alkyl halides is 3. The van der Waals surface area contributed by atoms with Crippen LogP contribution in [0.4, 0.5) is 23.2 Å². The van der Waals surface area contributed by atoms with E-state index in [2.05, 4.69) is 0 Å². The first kappa shape index (κ1) is 35.4. The quantitative estimate of drug-likeness (QED) is 0.250. The van der Waals surface area contributed by atoms with Gasteiger partial charge in [0.25, 0.3) is 15.9 Å². The summed E-state index contributed by atoms with van der Waals surface area (Å²) in [6.07, 6.45) is -4.76. The number of fused-ring (bicyclic) bond motifs is 1. The molecule has 9 nitrogen and oxygen atoms in total. The van der Waals surface area contributed by atoms with Crippen molar-refractivity contribution in [3.63, 3.8) is 0 Å². The molecule has 0 unspecified atom stereocenters. The van der Waals surface area contributed by atoms with Gasteiger partial charge in [-0.25, -0.2) is 17.1 Å². The van der Waals surface area contributed by atoms with Crippen LogP contribution in [0.15, 0.2) is 65.6 Å². The lowest BCUT2D eigenvalue weighted by molar-refractivity contribution is -0.174. The summed E-state index contributed by atoms with van der Waals surface area (Å²) in [4.78, 5) is 27.8. The number of likely N-dealkylation sites (tertiary alicyclic amines) is 1. The van der Waals surface area contributed by atoms with Gasteiger partial charge < -0.3 is 19.7 Å². The van der Waals surface area contributed by atoms with Gasteiger partial charge >= 0.3 is 12.1 Å². The molecule has 2 aliphatic heterocycles. The van der Waals surface area contributed by atoms with E-state index in [1.807, 2.05) is 24.1 Å². The van der Waals surface area contributed by atoms with Crippen molar-refractivity contribution in [2.45, 2.75) is 61.7 Å². The first-order valence-electron chi connectivity index (χ1n) is 15.2. The Bertz CT molecular complexity index is 1810. The number of hydrogen-bond acceptors (Lipinski definition) is 7. The third-order valence-corrected chi connectivity index (χ3v) is 10.5. The Morgan fingerprint density at radius 2 is 1.79 bits per heavy atom. The number of sulfonamides is 1. The first-order chi connectivity index (χ1) is 22.6. The second-order valence-electron chi connectivity index (χ2n) is 12.0. The lowest BCUT2D eigenvalue weighted by Gasteiger charge is -2.30. The van der Waals surface area contributed by atoms with E-state index in [1.165, 1.54) is 67.8 Å². The Balaban J connectivity index is 1.53. The molecule has 3 aromatic rings. The molecule has 0 radical (unpaired) electrons. The molecular formula is C33H34ClF4N3O6S. The second-order valence-corrected chi connectivity index (χ2v) is 14.2. The van der Waals surface area contributed by atoms with Gasteiger partial charge in [-0.3, -0.25) is 9.59 Å². The summed E-state index contributed by atoms with van der Waals surface area (Å²) in [6, 6.07) is 13.2. The molecule has 2 atom stereocenters. The minimum absolute atomic E-state index is 0.0527. The van der Waals surface area contributed by atoms with Gasteiger partial charge in [0.1, 0.15) is 22.7 Å². The molecule has 2 heterocycles. The van der Waals surface area contributed by atoms with Crippen molar-refractivity contribution in [3.8, 4) is 11.5 Å². The predicted molar refractivity (Wildman–Crippen MR) is 170 cm³/mol. The van der Waals surface area contributed by atoms with E-state index in [9.17, 15) is 31.2 Å². The van der Waals surface area contributed by atoms with Crippen LogP contribution in [0.3, 0.4) is 0 Å². The van der Waals surface area contributed by atoms with E-state index in [-0.39, 0.29) is 70.9 Å². The molecular weight excluding hydrogens is 678 g/mol. The fourth-order valence-electron chi connectivity index (χ4n) is 6.35. The summed E-state index contributed by atoms with van der Waals surface area (Å²) in [5, 5.41) is 2.06. The van der Waals surface area contributed by atoms with Crippen molar-refractivity contribution < 1.29 is 45.0 Å². The number of rotatable bonds is 11. The van der Waals surface area contributed by atoms with Gasteiger partial charge in [0.2, 0.25) is 0 Å². The van der Waals surface area contributed by atoms with E-state index >= 15 is 4.39 Å². The number of halogens is 5. The van der Waals surface area contributed by atoms with Gasteiger partial charge in [-0.15, -0.1) is 0 Å². The molecule has 258 valence electrons. The third-order valence-electron chi connectivity index (χ3n) is 8.46. The Kier molecular flexibility index (Phi) is 10.0. The van der Waals surface area contributed by atoms with Crippen molar-refractivity contribution in [1.82, 2.24) is 10.2 Å². The number of nitrogens with zero attached hydrogens (tertiary/aromatic N) is 2. The number of benzene rings is 3. The minimum atomic E-state index is -5.00. The lowest BCUT2D eigenvalue weighted by atomic mass is 9.72. The summed E-state index contributed by atoms with van der Waals surface area (Å²) >= 11 is 6.54. The molecule has 0 spiro atoms. The summed E-state index contributed by atoms with van der Waals surface area (Å²) < 4.78 is 94.3. The van der Waals surface area contributed by atoms with E-state index in [4.69, 9.17) is 21.1 Å². The largest absolute Gasteiger partial charge is 0.495 e. The topological polar surface area (TPSA) is 105 Å². The van der Waals surface area contributed by atoms with Gasteiger partial charge in [-0.1, -0.05) is 29.8 Å². The number of amides is 2. The standard InChI is InChI=1S/C33H34ClF4N3O6S/c1-20(2)47-22-9-11-23(12-10-22)48(44,45)41-28-18-29(46-3)26(34)17-25(28)32(31(41)43,24-7-4-5-8-27(24)35)14-6-15-40-16-13-21(19-40)39-30(42)33(36,37)38/h4-5,7-12,17-18,20-21H,6,13-16,19H2,1-3H3,(H,39,42)/t21-,32+/m1/s1. The summed E-state index contributed by atoms with van der Waals surface area (Å²) in [5.74, 6) is -3.16. The van der Waals surface area contributed by atoms with Gasteiger partial charge in [0, 0.05) is 30.8 Å². The van der Waals surface area contributed by atoms with Gasteiger partial charge in [-0.05, 0) is 81.6 Å². The molecule has 2 amide bonds. The molecule has 0 aromatic heterocycles. The van der Waals surface area contributed by atoms with Crippen molar-refractivity contribution in [2.75, 3.05) is 31.0 Å². The van der Waals surface area contributed by atoms with Crippen molar-refractivity contribution in [1.29, 1.82) is 0 Å². The molecule has 15 heteroatoms. The highest BCUT2D eigenvalue weighted by Crippen LogP contribution is 2.53. The van der Waals surface area contributed by atoms with Crippen LogP contribution in [-0.2, 0) is 25.0 Å². The van der Waals surface area contributed by atoms with E-state index < -0.39 is 45.3 Å². The molecule has 1 N–H and O–H groups in total. The fourth-order valence-corrected chi connectivity index (χ4v) is 8.06. The minimum Gasteiger partial charge on any atom is -0.495 e. The number of carbonyl (C=O) groups excluding carboxylic acids is 2. The third kappa shape index (κ3) is 6.70. The number of anilines is 1. The maximum absolute atomic E-state index is 15.8. The first-order valence-corrected chi connectivity index (χ1v) is 17.0. The predicted octanol–water partition coefficient (Wildman–Crippen LogP) is 5.83. The zero-order valence-electron chi connectivity index (χ0n) is 26.3. The average Bonchev–Trinajstić information content (AvgIpc) is 3.56. The fraction of sp³-hybridized carbons (Fsp3) is 0.394. The Morgan fingerprint density at radius 3 is 2.42 bits per heavy atom. The van der Waals surface area contributed by atoms with Crippen LogP contribution < -0.4 is 19.1 Å². The molecule has 0 bridgehead atoms. The number of methoxy groups -OCH3 is 1. The number of ether oxygens (including phenoxy) is 2. The Hall–Kier alpha value is -3.88. The monoisotopic (exact) mass is 711 g/mol. The van der Waals surface area contributed by atoms with Crippen LogP contribution >= 0.6 is 11.6 Å². The SMILES string of the molecule is COc1cc2c(cc1Cl)[C@](CCCN1CC[C@@H](NC(=O)C(F)(F)F)C1)(c1ccccc1F)C(=O)N2S(=O)(=O)c1ccc(OC(C)C)cc1. The van der Waals surface area contributed by atoms with E-state index in [1.54, 1.807) is 0 Å². The maximum atomic E-state index is 15.8. The van der Waals surface area contributed by atoms with Crippen LogP contribution in [0.1, 0.15) is 44.2 Å². The zero-order chi connectivity index (χ0) is 35.0. The highest BCUT2D eigenvalue weighted by Gasteiger charge is 2.57. The van der Waals surface area contributed by atoms with Crippen LogP contribution in [0.5, 0.6) is 11.5 Å². The van der Waals surface area contributed by atoms with Crippen molar-refractivity contribution >= 4 is 39.1 Å². The van der Waals surface area contributed by atoms with Gasteiger partial charge in [0.15, 0.2) is 0 Å². The van der Waals surface area contributed by atoms with Crippen molar-refractivity contribution in [2.24, 2.45) is 0 Å². The molecule has 0 saturated carbocycles. The second kappa shape index (κ2) is 13.6. The number of hydrogen-bond donors (Lipinski definition) is 1. The Labute approximate surface area is 280 Å². The van der Waals surface area contributed by atoms with Crippen LogP contribution in [0.25, 0.3) is 0 Å². The van der Waals surface area contributed by atoms with Crippen molar-refractivity contribution in [3.05, 3.63) is 82.6 Å². The Morgan fingerprint density at radius 1 is 1.10 bits per heavy atom.